The fourth-order valence-corrected chi connectivity index (χ4v) is 4.43. The number of hydrogen-bond acceptors (Lipinski definition) is 7. The molecule has 32 heavy (non-hydrogen) atoms. The third-order valence-corrected chi connectivity index (χ3v) is 6.09. The fraction of sp³-hybridized carbons (Fsp3) is 0.261. The maximum Gasteiger partial charge on any atom is 0.240 e. The molecule has 1 aliphatic carbocycles. The summed E-state index contributed by atoms with van der Waals surface area (Å²) in [5.41, 5.74) is 17.5. The van der Waals surface area contributed by atoms with Gasteiger partial charge in [0, 0.05) is 23.9 Å². The number of carbonyl (C=O) groups is 1. The predicted octanol–water partition coefficient (Wildman–Crippen LogP) is 2.84. The molecule has 0 bridgehead atoms. The van der Waals surface area contributed by atoms with Crippen LogP contribution in [0.3, 0.4) is 0 Å². The van der Waals surface area contributed by atoms with Gasteiger partial charge >= 0.3 is 0 Å². The van der Waals surface area contributed by atoms with Crippen LogP contribution in [0.4, 0.5) is 17.2 Å². The van der Waals surface area contributed by atoms with Crippen molar-refractivity contribution in [3.8, 4) is 17.0 Å². The number of nitrogens with one attached hydrogen (secondary N) is 3. The van der Waals surface area contributed by atoms with Crippen molar-refractivity contribution in [1.29, 1.82) is 0 Å². The molecule has 1 aliphatic heterocycles. The number of carbonyl (C=O) groups excluding carboxylic acids is 1. The monoisotopic (exact) mass is 429 g/mol. The molecule has 6 rings (SSSR count). The molecule has 0 saturated heterocycles. The third-order valence-electron chi connectivity index (χ3n) is 6.09. The lowest BCUT2D eigenvalue weighted by Gasteiger charge is -2.17. The summed E-state index contributed by atoms with van der Waals surface area (Å²) in [4.78, 5) is 24.2. The van der Waals surface area contributed by atoms with Gasteiger partial charge in [-0.3, -0.25) is 9.78 Å². The molecule has 1 amide bonds. The minimum Gasteiger partial charge on any atom is -0.491 e. The highest BCUT2D eigenvalue weighted by molar-refractivity contribution is 6.07. The Morgan fingerprint density at radius 2 is 2.09 bits per heavy atom. The summed E-state index contributed by atoms with van der Waals surface area (Å²) in [6, 6.07) is 9.49. The van der Waals surface area contributed by atoms with Gasteiger partial charge < -0.3 is 31.8 Å². The third kappa shape index (κ3) is 3.13. The molecule has 0 spiro atoms. The summed E-state index contributed by atoms with van der Waals surface area (Å²) >= 11 is 0. The topological polar surface area (TPSA) is 144 Å². The molecule has 3 heterocycles. The SMILES string of the molecule is NC(=O)[C@@H](Nc1cc2c3c(c(-c4ccc5nc(N)cnc5c4)[nH]c3c1)NCCO2)C1CC1. The van der Waals surface area contributed by atoms with Gasteiger partial charge in [-0.1, -0.05) is 6.07 Å². The largest absolute Gasteiger partial charge is 0.491 e. The van der Waals surface area contributed by atoms with E-state index in [1.54, 1.807) is 6.20 Å². The summed E-state index contributed by atoms with van der Waals surface area (Å²) in [5, 5.41) is 7.80. The van der Waals surface area contributed by atoms with Crippen molar-refractivity contribution >= 4 is 45.0 Å². The Labute approximate surface area is 183 Å². The molecule has 2 aliphatic rings. The van der Waals surface area contributed by atoms with Crippen LogP contribution < -0.4 is 26.8 Å². The van der Waals surface area contributed by atoms with Crippen molar-refractivity contribution in [3.05, 3.63) is 36.5 Å². The minimum absolute atomic E-state index is 0.299. The number of fused-ring (bicyclic) bond motifs is 1. The zero-order valence-electron chi connectivity index (χ0n) is 17.3. The number of anilines is 3. The number of rotatable bonds is 5. The molecule has 9 nitrogen and oxygen atoms in total. The molecule has 162 valence electrons. The first kappa shape index (κ1) is 18.7. The van der Waals surface area contributed by atoms with E-state index in [2.05, 4.69) is 25.6 Å². The predicted molar refractivity (Wildman–Crippen MR) is 125 cm³/mol. The van der Waals surface area contributed by atoms with Crippen LogP contribution in [0.15, 0.2) is 36.5 Å². The number of aromatic nitrogens is 3. The second kappa shape index (κ2) is 7.01. The summed E-state index contributed by atoms with van der Waals surface area (Å²) in [5.74, 6) is 1.13. The highest BCUT2D eigenvalue weighted by Gasteiger charge is 2.35. The number of nitrogens with two attached hydrogens (primary N) is 2. The van der Waals surface area contributed by atoms with E-state index in [1.165, 1.54) is 0 Å². The van der Waals surface area contributed by atoms with E-state index in [9.17, 15) is 4.79 Å². The van der Waals surface area contributed by atoms with E-state index < -0.39 is 0 Å². The minimum atomic E-state index is -0.371. The van der Waals surface area contributed by atoms with Gasteiger partial charge in [0.15, 0.2) is 0 Å². The molecule has 1 atom stereocenters. The van der Waals surface area contributed by atoms with Crippen LogP contribution in [-0.2, 0) is 4.79 Å². The molecular weight excluding hydrogens is 406 g/mol. The Morgan fingerprint density at radius 3 is 2.91 bits per heavy atom. The molecule has 1 saturated carbocycles. The van der Waals surface area contributed by atoms with E-state index in [4.69, 9.17) is 16.2 Å². The first-order chi connectivity index (χ1) is 15.6. The quantitative estimate of drug-likeness (QED) is 0.328. The molecule has 0 radical (unpaired) electrons. The summed E-state index contributed by atoms with van der Waals surface area (Å²) < 4.78 is 6.04. The van der Waals surface area contributed by atoms with Crippen molar-refractivity contribution < 1.29 is 9.53 Å². The molecule has 1 fully saturated rings. The number of aromatic amines is 1. The van der Waals surface area contributed by atoms with Gasteiger partial charge in [0.2, 0.25) is 5.91 Å². The molecule has 2 aromatic carbocycles. The molecular formula is C23H23N7O2. The van der Waals surface area contributed by atoms with Gasteiger partial charge in [0.05, 0.1) is 39.5 Å². The van der Waals surface area contributed by atoms with Crippen LogP contribution in [0.5, 0.6) is 5.75 Å². The number of nitrogen functional groups attached to an aromatic ring is 1. The second-order valence-corrected chi connectivity index (χ2v) is 8.41. The van der Waals surface area contributed by atoms with Gasteiger partial charge in [-0.25, -0.2) is 4.98 Å². The Bertz CT molecular complexity index is 1380. The zero-order chi connectivity index (χ0) is 21.8. The maximum absolute atomic E-state index is 11.9. The van der Waals surface area contributed by atoms with Crippen molar-refractivity contribution in [2.75, 3.05) is 29.5 Å². The number of ether oxygens (including phenoxy) is 1. The summed E-state index contributed by atoms with van der Waals surface area (Å²) in [6.45, 7) is 1.21. The number of nitrogens with zero attached hydrogens (tertiary/aromatic N) is 2. The normalized spacial score (nSPS) is 16.2. The van der Waals surface area contributed by atoms with Gasteiger partial charge in [0.25, 0.3) is 0 Å². The zero-order valence-corrected chi connectivity index (χ0v) is 17.3. The van der Waals surface area contributed by atoms with E-state index >= 15 is 0 Å². The Balaban J connectivity index is 1.47. The van der Waals surface area contributed by atoms with Crippen molar-refractivity contribution in [3.63, 3.8) is 0 Å². The number of amides is 1. The smallest absolute Gasteiger partial charge is 0.240 e. The summed E-state index contributed by atoms with van der Waals surface area (Å²) in [6.07, 6.45) is 3.59. The average Bonchev–Trinajstić information content (AvgIpc) is 3.57. The maximum atomic E-state index is 11.9. The Kier molecular flexibility index (Phi) is 4.11. The van der Waals surface area contributed by atoms with Gasteiger partial charge in [-0.05, 0) is 37.0 Å². The molecule has 0 unspecified atom stereocenters. The van der Waals surface area contributed by atoms with Crippen LogP contribution in [-0.4, -0.2) is 40.1 Å². The molecule has 4 aromatic rings. The van der Waals surface area contributed by atoms with E-state index in [0.29, 0.717) is 24.9 Å². The average molecular weight is 429 g/mol. The lowest BCUT2D eigenvalue weighted by molar-refractivity contribution is -0.119. The van der Waals surface area contributed by atoms with Crippen LogP contribution in [0.2, 0.25) is 0 Å². The standard InChI is InChI=1S/C23H23N7O2/c24-18-10-27-15-7-12(3-4-14(15)29-18)20-22-19-16(30-20)8-13(9-17(19)32-6-5-26-22)28-21(23(25)31)11-1-2-11/h3-4,7-11,21,26,28,30H,1-2,5-6H2,(H2,24,29)(H2,25,31)/t21-/m0/s1. The lowest BCUT2D eigenvalue weighted by atomic mass is 10.1. The van der Waals surface area contributed by atoms with Crippen molar-refractivity contribution in [1.82, 2.24) is 15.0 Å². The van der Waals surface area contributed by atoms with Crippen LogP contribution in [0, 0.1) is 5.92 Å². The molecule has 7 N–H and O–H groups in total. The van der Waals surface area contributed by atoms with Crippen LogP contribution in [0.25, 0.3) is 33.2 Å². The van der Waals surface area contributed by atoms with E-state index in [-0.39, 0.29) is 11.9 Å². The molecule has 2 aromatic heterocycles. The second-order valence-electron chi connectivity index (χ2n) is 8.41. The van der Waals surface area contributed by atoms with E-state index in [0.717, 1.165) is 63.2 Å². The van der Waals surface area contributed by atoms with Crippen LogP contribution >= 0.6 is 0 Å². The first-order valence-electron chi connectivity index (χ1n) is 10.7. The Morgan fingerprint density at radius 1 is 1.22 bits per heavy atom. The first-order valence-corrected chi connectivity index (χ1v) is 10.7. The highest BCUT2D eigenvalue weighted by atomic mass is 16.5. The highest BCUT2D eigenvalue weighted by Crippen LogP contribution is 2.44. The number of benzene rings is 2. The number of H-pyrrole nitrogens is 1. The van der Waals surface area contributed by atoms with Gasteiger partial charge in [0.1, 0.15) is 24.2 Å². The number of primary amides is 1. The van der Waals surface area contributed by atoms with Crippen molar-refractivity contribution in [2.45, 2.75) is 18.9 Å². The number of hydrogen-bond donors (Lipinski definition) is 5. The van der Waals surface area contributed by atoms with E-state index in [1.807, 2.05) is 30.3 Å². The van der Waals surface area contributed by atoms with Crippen LogP contribution in [0.1, 0.15) is 12.8 Å². The van der Waals surface area contributed by atoms with Gasteiger partial charge in [-0.2, -0.15) is 0 Å². The fourth-order valence-electron chi connectivity index (χ4n) is 4.43. The summed E-state index contributed by atoms with van der Waals surface area (Å²) in [7, 11) is 0. The lowest BCUT2D eigenvalue weighted by Crippen LogP contribution is -2.37. The van der Waals surface area contributed by atoms with Gasteiger partial charge in [-0.15, -0.1) is 0 Å². The van der Waals surface area contributed by atoms with Crippen molar-refractivity contribution in [2.24, 2.45) is 11.7 Å². The molecule has 9 heteroatoms. The Hall–Kier alpha value is -4.01.